The van der Waals surface area contributed by atoms with E-state index in [2.05, 4.69) is 6.92 Å². The van der Waals surface area contributed by atoms with Gasteiger partial charge >= 0.3 is 5.97 Å². The lowest BCUT2D eigenvalue weighted by Gasteiger charge is -2.12. The average Bonchev–Trinajstić information content (AvgIpc) is 2.31. The van der Waals surface area contributed by atoms with Crippen LogP contribution in [0.2, 0.25) is 0 Å². The van der Waals surface area contributed by atoms with Crippen molar-refractivity contribution >= 4 is 5.97 Å². The maximum absolute atomic E-state index is 11.3. The molecular formula is C15H30O3. The zero-order valence-electron chi connectivity index (χ0n) is 12.3. The predicted octanol–water partition coefficient (Wildman–Crippen LogP) is 3.83. The molecule has 0 aliphatic rings. The van der Waals surface area contributed by atoms with Crippen molar-refractivity contribution in [2.45, 2.75) is 90.8 Å². The minimum atomic E-state index is -0.938. The Balaban J connectivity index is 3.34. The molecule has 0 saturated carbocycles. The predicted molar refractivity (Wildman–Crippen MR) is 74.5 cm³/mol. The summed E-state index contributed by atoms with van der Waals surface area (Å²) in [6.45, 7) is 5.81. The standard InChI is InChI=1S/C15H30O3/c1-4-5-6-7-8-9-10-11-12-14(16)15(17)18-13(2)3/h13-14,16H,4-12H2,1-3H3/t14-/m1/s1. The second kappa shape index (κ2) is 11.5. The Morgan fingerprint density at radius 2 is 1.50 bits per heavy atom. The van der Waals surface area contributed by atoms with E-state index in [0.29, 0.717) is 6.42 Å². The second-order valence-corrected chi connectivity index (χ2v) is 5.26. The maximum atomic E-state index is 11.3. The molecule has 0 bridgehead atoms. The molecular weight excluding hydrogens is 228 g/mol. The number of esters is 1. The molecule has 0 rings (SSSR count). The highest BCUT2D eigenvalue weighted by molar-refractivity contribution is 5.74. The Hall–Kier alpha value is -0.570. The van der Waals surface area contributed by atoms with E-state index in [-0.39, 0.29) is 6.10 Å². The first-order valence-corrected chi connectivity index (χ1v) is 7.46. The summed E-state index contributed by atoms with van der Waals surface area (Å²) in [6, 6.07) is 0. The van der Waals surface area contributed by atoms with Gasteiger partial charge in [0.15, 0.2) is 6.10 Å². The van der Waals surface area contributed by atoms with Crippen LogP contribution in [0.15, 0.2) is 0 Å². The van der Waals surface area contributed by atoms with E-state index in [0.717, 1.165) is 12.8 Å². The van der Waals surface area contributed by atoms with Gasteiger partial charge in [-0.15, -0.1) is 0 Å². The molecule has 0 fully saturated rings. The topological polar surface area (TPSA) is 46.5 Å². The van der Waals surface area contributed by atoms with Crippen molar-refractivity contribution in [2.75, 3.05) is 0 Å². The van der Waals surface area contributed by atoms with Crippen molar-refractivity contribution < 1.29 is 14.6 Å². The molecule has 0 saturated heterocycles. The van der Waals surface area contributed by atoms with E-state index in [1.165, 1.54) is 38.5 Å². The van der Waals surface area contributed by atoms with Gasteiger partial charge in [0.25, 0.3) is 0 Å². The Bertz CT molecular complexity index is 202. The fourth-order valence-corrected chi connectivity index (χ4v) is 1.90. The molecule has 0 aromatic rings. The summed E-state index contributed by atoms with van der Waals surface area (Å²) in [4.78, 5) is 11.3. The quantitative estimate of drug-likeness (QED) is 0.452. The van der Waals surface area contributed by atoms with Crippen LogP contribution in [0.25, 0.3) is 0 Å². The monoisotopic (exact) mass is 258 g/mol. The smallest absolute Gasteiger partial charge is 0.335 e. The van der Waals surface area contributed by atoms with E-state index in [1.54, 1.807) is 13.8 Å². The first kappa shape index (κ1) is 17.4. The molecule has 0 aromatic heterocycles. The van der Waals surface area contributed by atoms with E-state index in [4.69, 9.17) is 4.74 Å². The SMILES string of the molecule is CCCCCCCCCC[C@@H](O)C(=O)OC(C)C. The number of unbranched alkanes of at least 4 members (excludes halogenated alkanes) is 7. The molecule has 1 N–H and O–H groups in total. The summed E-state index contributed by atoms with van der Waals surface area (Å²) < 4.78 is 4.95. The van der Waals surface area contributed by atoms with Gasteiger partial charge in [0.1, 0.15) is 0 Å². The lowest BCUT2D eigenvalue weighted by Crippen LogP contribution is -2.25. The molecule has 3 heteroatoms. The van der Waals surface area contributed by atoms with Crippen LogP contribution < -0.4 is 0 Å². The Morgan fingerprint density at radius 3 is 2.00 bits per heavy atom. The molecule has 0 amide bonds. The first-order chi connectivity index (χ1) is 8.57. The van der Waals surface area contributed by atoms with Gasteiger partial charge < -0.3 is 9.84 Å². The fourth-order valence-electron chi connectivity index (χ4n) is 1.90. The highest BCUT2D eigenvalue weighted by atomic mass is 16.6. The van der Waals surface area contributed by atoms with Crippen LogP contribution in [-0.2, 0) is 9.53 Å². The Morgan fingerprint density at radius 1 is 1.00 bits per heavy atom. The van der Waals surface area contributed by atoms with Crippen molar-refractivity contribution in [3.63, 3.8) is 0 Å². The summed E-state index contributed by atoms with van der Waals surface area (Å²) in [5, 5.41) is 9.56. The van der Waals surface area contributed by atoms with Crippen molar-refractivity contribution in [2.24, 2.45) is 0 Å². The molecule has 0 aromatic carbocycles. The van der Waals surface area contributed by atoms with Crippen molar-refractivity contribution in [3.8, 4) is 0 Å². The van der Waals surface area contributed by atoms with E-state index < -0.39 is 12.1 Å². The largest absolute Gasteiger partial charge is 0.461 e. The number of rotatable bonds is 11. The summed E-state index contributed by atoms with van der Waals surface area (Å²) in [5.74, 6) is -0.479. The van der Waals surface area contributed by atoms with Crippen molar-refractivity contribution in [1.82, 2.24) is 0 Å². The molecule has 108 valence electrons. The molecule has 3 nitrogen and oxygen atoms in total. The molecule has 0 spiro atoms. The third-order valence-electron chi connectivity index (χ3n) is 2.96. The van der Waals surface area contributed by atoms with Crippen molar-refractivity contribution in [1.29, 1.82) is 0 Å². The van der Waals surface area contributed by atoms with Gasteiger partial charge in [-0.25, -0.2) is 4.79 Å². The van der Waals surface area contributed by atoms with E-state index in [9.17, 15) is 9.90 Å². The van der Waals surface area contributed by atoms with Crippen molar-refractivity contribution in [3.05, 3.63) is 0 Å². The number of carbonyl (C=O) groups is 1. The maximum Gasteiger partial charge on any atom is 0.335 e. The molecule has 0 heterocycles. The first-order valence-electron chi connectivity index (χ1n) is 7.46. The van der Waals surface area contributed by atoms with Crippen LogP contribution in [0.4, 0.5) is 0 Å². The third kappa shape index (κ3) is 10.6. The number of aliphatic hydroxyl groups is 1. The number of hydrogen-bond donors (Lipinski definition) is 1. The Kier molecular flexibility index (Phi) is 11.2. The highest BCUT2D eigenvalue weighted by Gasteiger charge is 2.16. The molecule has 0 radical (unpaired) electrons. The van der Waals surface area contributed by atoms with Crippen LogP contribution >= 0.6 is 0 Å². The highest BCUT2D eigenvalue weighted by Crippen LogP contribution is 2.11. The zero-order valence-corrected chi connectivity index (χ0v) is 12.3. The Labute approximate surface area is 112 Å². The van der Waals surface area contributed by atoms with Crippen LogP contribution in [0.3, 0.4) is 0 Å². The van der Waals surface area contributed by atoms with Gasteiger partial charge in [-0.3, -0.25) is 0 Å². The van der Waals surface area contributed by atoms with E-state index >= 15 is 0 Å². The van der Waals surface area contributed by atoms with Gasteiger partial charge in [-0.2, -0.15) is 0 Å². The fraction of sp³-hybridized carbons (Fsp3) is 0.933. The van der Waals surface area contributed by atoms with Gasteiger partial charge in [-0.1, -0.05) is 58.3 Å². The van der Waals surface area contributed by atoms with E-state index in [1.807, 2.05) is 0 Å². The molecule has 18 heavy (non-hydrogen) atoms. The van der Waals surface area contributed by atoms with Crippen LogP contribution in [-0.4, -0.2) is 23.3 Å². The number of ether oxygens (including phenoxy) is 1. The summed E-state index contributed by atoms with van der Waals surface area (Å²) in [7, 11) is 0. The van der Waals surface area contributed by atoms with Gasteiger partial charge in [0, 0.05) is 0 Å². The van der Waals surface area contributed by atoms with Crippen LogP contribution in [0, 0.1) is 0 Å². The number of hydrogen-bond acceptors (Lipinski definition) is 3. The molecule has 1 atom stereocenters. The average molecular weight is 258 g/mol. The third-order valence-corrected chi connectivity index (χ3v) is 2.96. The lowest BCUT2D eigenvalue weighted by molar-refractivity contribution is -0.157. The molecule has 0 aliphatic carbocycles. The number of aliphatic hydroxyl groups excluding tert-OH is 1. The molecule has 0 unspecified atom stereocenters. The molecule has 0 aliphatic heterocycles. The summed E-state index contributed by atoms with van der Waals surface area (Å²) in [6.07, 6.45) is 9.18. The lowest BCUT2D eigenvalue weighted by atomic mass is 10.1. The summed E-state index contributed by atoms with van der Waals surface area (Å²) in [5.41, 5.74) is 0. The second-order valence-electron chi connectivity index (χ2n) is 5.26. The number of carbonyl (C=O) groups excluding carboxylic acids is 1. The van der Waals surface area contributed by atoms with Crippen LogP contribution in [0.1, 0.15) is 78.6 Å². The van der Waals surface area contributed by atoms with Gasteiger partial charge in [0.2, 0.25) is 0 Å². The minimum Gasteiger partial charge on any atom is -0.461 e. The zero-order chi connectivity index (χ0) is 13.8. The van der Waals surface area contributed by atoms with Gasteiger partial charge in [0.05, 0.1) is 6.10 Å². The van der Waals surface area contributed by atoms with Crippen LogP contribution in [0.5, 0.6) is 0 Å². The van der Waals surface area contributed by atoms with Gasteiger partial charge in [-0.05, 0) is 20.3 Å². The minimum absolute atomic E-state index is 0.147. The summed E-state index contributed by atoms with van der Waals surface area (Å²) >= 11 is 0. The normalized spacial score (nSPS) is 12.7.